The first-order valence-corrected chi connectivity index (χ1v) is 13.8. The lowest BCUT2D eigenvalue weighted by Crippen LogP contribution is -2.52. The van der Waals surface area contributed by atoms with E-state index in [4.69, 9.17) is 4.74 Å². The van der Waals surface area contributed by atoms with Gasteiger partial charge in [-0.2, -0.15) is 0 Å². The van der Waals surface area contributed by atoms with Gasteiger partial charge in [0.2, 0.25) is 17.7 Å². The van der Waals surface area contributed by atoms with Gasteiger partial charge in [0.15, 0.2) is 0 Å². The molecule has 5 aliphatic rings. The van der Waals surface area contributed by atoms with E-state index >= 15 is 0 Å². The summed E-state index contributed by atoms with van der Waals surface area (Å²) in [5.74, 6) is -1.08. The van der Waals surface area contributed by atoms with Crippen molar-refractivity contribution in [3.8, 4) is 5.75 Å². The summed E-state index contributed by atoms with van der Waals surface area (Å²) < 4.78 is 31.6. The molecule has 0 spiro atoms. The van der Waals surface area contributed by atoms with Gasteiger partial charge in [-0.25, -0.2) is 8.78 Å². The number of hydrogen-bond acceptors (Lipinski definition) is 5. The molecule has 202 valence electrons. The Hall–Kier alpha value is -2.55. The fourth-order valence-electron chi connectivity index (χ4n) is 6.18. The minimum atomic E-state index is -2.35. The summed E-state index contributed by atoms with van der Waals surface area (Å²) in [7, 11) is 0. The van der Waals surface area contributed by atoms with Crippen LogP contribution in [-0.4, -0.2) is 53.8 Å². The number of piperidine rings is 1. The van der Waals surface area contributed by atoms with Crippen molar-refractivity contribution in [3.05, 3.63) is 29.3 Å². The molecule has 1 aromatic carbocycles. The minimum absolute atomic E-state index is 0.119. The number of carbonyl (C=O) groups excluding carboxylic acids is 3. The number of nitrogens with zero attached hydrogens (tertiary/aromatic N) is 1. The average molecular weight is 518 g/mol. The van der Waals surface area contributed by atoms with Crippen LogP contribution in [-0.2, 0) is 16.1 Å². The van der Waals surface area contributed by atoms with E-state index in [0.717, 1.165) is 50.1 Å². The second-order valence-electron chi connectivity index (χ2n) is 11.2. The van der Waals surface area contributed by atoms with Crippen LogP contribution in [0.3, 0.4) is 0 Å². The fraction of sp³-hybridized carbons (Fsp3) is 0.679. The van der Waals surface area contributed by atoms with Crippen molar-refractivity contribution in [3.63, 3.8) is 0 Å². The minimum Gasteiger partial charge on any atom is -0.490 e. The second-order valence-corrected chi connectivity index (χ2v) is 11.2. The molecule has 7 nitrogen and oxygen atoms in total. The monoisotopic (exact) mass is 517 g/mol. The highest BCUT2D eigenvalue weighted by atomic mass is 19.3. The number of rotatable bonds is 4. The van der Waals surface area contributed by atoms with E-state index in [9.17, 15) is 23.2 Å². The van der Waals surface area contributed by atoms with E-state index in [1.54, 1.807) is 11.0 Å². The number of ether oxygens (including phenoxy) is 1. The molecule has 37 heavy (non-hydrogen) atoms. The molecule has 4 fully saturated rings. The number of nitrogens with one attached hydrogen (secondary N) is 2. The highest BCUT2D eigenvalue weighted by Crippen LogP contribution is 2.40. The number of fused-ring (bicyclic) bond motifs is 1. The largest absolute Gasteiger partial charge is 0.490 e. The van der Waals surface area contributed by atoms with E-state index in [-0.39, 0.29) is 43.1 Å². The number of amides is 3. The number of carbonyl (C=O) groups is 3. The van der Waals surface area contributed by atoms with Crippen LogP contribution in [0.1, 0.15) is 86.6 Å². The lowest BCUT2D eigenvalue weighted by atomic mass is 9.76. The number of benzene rings is 1. The van der Waals surface area contributed by atoms with Crippen molar-refractivity contribution in [2.24, 2.45) is 11.8 Å². The first-order chi connectivity index (χ1) is 17.8. The number of imide groups is 1. The molecule has 2 saturated carbocycles. The van der Waals surface area contributed by atoms with Gasteiger partial charge < -0.3 is 15.0 Å². The SMILES string of the molecule is FC1(F)CCC(C2CNC2)CC1.O=C1CCC(N2Cc3cc(OC4CCCCC4)ccc3C2=O)C(=O)N1. The first kappa shape index (κ1) is 26.1. The molecule has 3 amide bonds. The molecular formula is C28H37F2N3O4. The summed E-state index contributed by atoms with van der Waals surface area (Å²) in [5, 5.41) is 5.51. The van der Waals surface area contributed by atoms with Crippen molar-refractivity contribution >= 4 is 17.7 Å². The van der Waals surface area contributed by atoms with Crippen molar-refractivity contribution < 1.29 is 27.9 Å². The Kier molecular flexibility index (Phi) is 7.79. The third-order valence-corrected chi connectivity index (χ3v) is 8.59. The number of halogens is 2. The lowest BCUT2D eigenvalue weighted by Gasteiger charge is -2.38. The van der Waals surface area contributed by atoms with Crippen LogP contribution in [0, 0.1) is 11.8 Å². The second kappa shape index (κ2) is 11.1. The number of hydrogen-bond donors (Lipinski definition) is 2. The van der Waals surface area contributed by atoms with Gasteiger partial charge in [0.05, 0.1) is 6.10 Å². The Balaban J connectivity index is 0.000000195. The Morgan fingerprint density at radius 1 is 0.919 bits per heavy atom. The van der Waals surface area contributed by atoms with Crippen LogP contribution in [0.5, 0.6) is 5.75 Å². The molecule has 1 aromatic rings. The molecule has 2 saturated heterocycles. The highest BCUT2D eigenvalue weighted by molar-refractivity contribution is 6.05. The van der Waals surface area contributed by atoms with E-state index in [0.29, 0.717) is 30.4 Å². The third kappa shape index (κ3) is 6.13. The van der Waals surface area contributed by atoms with Crippen LogP contribution < -0.4 is 15.4 Å². The van der Waals surface area contributed by atoms with Crippen LogP contribution >= 0.6 is 0 Å². The fourth-order valence-corrected chi connectivity index (χ4v) is 6.18. The summed E-state index contributed by atoms with van der Waals surface area (Å²) in [5.41, 5.74) is 1.52. The van der Waals surface area contributed by atoms with E-state index in [2.05, 4.69) is 10.6 Å². The van der Waals surface area contributed by atoms with Crippen LogP contribution in [0.25, 0.3) is 0 Å². The molecular weight excluding hydrogens is 480 g/mol. The van der Waals surface area contributed by atoms with Gasteiger partial charge in [0.1, 0.15) is 11.8 Å². The molecule has 2 aliphatic carbocycles. The topological polar surface area (TPSA) is 87.7 Å². The standard InChI is InChI=1S/C19H22N2O4.C9H15F2N/c22-17-9-8-16(18(23)20-17)21-11-12-10-14(6-7-15(12)19(21)24)25-13-4-2-1-3-5-13;10-9(11)3-1-7(2-4-9)8-5-12-6-8/h6-7,10,13,16H,1-5,8-9,11H2,(H,20,22,23);7-8,12H,1-6H2. The first-order valence-electron chi connectivity index (χ1n) is 13.8. The normalized spacial score (nSPS) is 26.6. The van der Waals surface area contributed by atoms with Crippen LogP contribution in [0.15, 0.2) is 18.2 Å². The van der Waals surface area contributed by atoms with E-state index < -0.39 is 12.0 Å². The summed E-state index contributed by atoms with van der Waals surface area (Å²) in [6, 6.07) is 5.00. The van der Waals surface area contributed by atoms with Crippen molar-refractivity contribution in [2.45, 2.75) is 95.2 Å². The molecule has 6 rings (SSSR count). The van der Waals surface area contributed by atoms with Gasteiger partial charge in [0, 0.05) is 31.4 Å². The van der Waals surface area contributed by atoms with Gasteiger partial charge in [-0.3, -0.25) is 19.7 Å². The molecule has 9 heteroatoms. The smallest absolute Gasteiger partial charge is 0.255 e. The van der Waals surface area contributed by atoms with Crippen molar-refractivity contribution in [1.29, 1.82) is 0 Å². The Morgan fingerprint density at radius 3 is 2.30 bits per heavy atom. The Labute approximate surface area is 216 Å². The van der Waals surface area contributed by atoms with E-state index in [1.807, 2.05) is 12.1 Å². The van der Waals surface area contributed by atoms with Crippen molar-refractivity contribution in [1.82, 2.24) is 15.5 Å². The zero-order valence-corrected chi connectivity index (χ0v) is 21.3. The maximum Gasteiger partial charge on any atom is 0.255 e. The van der Waals surface area contributed by atoms with Gasteiger partial charge >= 0.3 is 0 Å². The van der Waals surface area contributed by atoms with Gasteiger partial charge in [0.25, 0.3) is 5.91 Å². The maximum atomic E-state index is 12.7. The molecule has 0 aromatic heterocycles. The molecule has 3 aliphatic heterocycles. The Morgan fingerprint density at radius 2 is 1.65 bits per heavy atom. The van der Waals surface area contributed by atoms with Gasteiger partial charge in [-0.1, -0.05) is 6.42 Å². The predicted octanol–water partition coefficient (Wildman–Crippen LogP) is 4.19. The lowest BCUT2D eigenvalue weighted by molar-refractivity contribution is -0.136. The molecule has 3 heterocycles. The predicted molar refractivity (Wildman–Crippen MR) is 133 cm³/mol. The third-order valence-electron chi connectivity index (χ3n) is 8.59. The average Bonchev–Trinajstić information content (AvgIpc) is 3.16. The van der Waals surface area contributed by atoms with E-state index in [1.165, 1.54) is 19.3 Å². The summed E-state index contributed by atoms with van der Waals surface area (Å²) in [4.78, 5) is 37.6. The molecule has 0 bridgehead atoms. The molecule has 1 unspecified atom stereocenters. The highest BCUT2D eigenvalue weighted by Gasteiger charge is 2.40. The summed E-state index contributed by atoms with van der Waals surface area (Å²) in [6.07, 6.45) is 8.48. The Bertz CT molecular complexity index is 1010. The summed E-state index contributed by atoms with van der Waals surface area (Å²) >= 11 is 0. The van der Waals surface area contributed by atoms with Crippen molar-refractivity contribution in [2.75, 3.05) is 13.1 Å². The zero-order valence-electron chi connectivity index (χ0n) is 21.3. The molecule has 0 radical (unpaired) electrons. The van der Waals surface area contributed by atoms with Gasteiger partial charge in [-0.05, 0) is 93.6 Å². The quantitative estimate of drug-likeness (QED) is 0.585. The number of alkyl halides is 2. The molecule has 1 atom stereocenters. The molecule has 2 N–H and O–H groups in total. The zero-order chi connectivity index (χ0) is 26.0. The van der Waals surface area contributed by atoms with Crippen LogP contribution in [0.2, 0.25) is 0 Å². The van der Waals surface area contributed by atoms with Crippen LogP contribution in [0.4, 0.5) is 8.78 Å². The maximum absolute atomic E-state index is 12.7. The van der Waals surface area contributed by atoms with Gasteiger partial charge in [-0.15, -0.1) is 0 Å². The summed E-state index contributed by atoms with van der Waals surface area (Å²) in [6.45, 7) is 2.49.